The summed E-state index contributed by atoms with van der Waals surface area (Å²) in [5.74, 6) is -0.323. The number of rotatable bonds is 4. The van der Waals surface area contributed by atoms with Crippen molar-refractivity contribution >= 4 is 6.09 Å². The van der Waals surface area contributed by atoms with Gasteiger partial charge in [-0.1, -0.05) is 12.1 Å². The molecule has 1 amide bonds. The van der Waals surface area contributed by atoms with Crippen molar-refractivity contribution in [2.75, 3.05) is 13.1 Å². The number of likely N-dealkylation sites (tertiary alicyclic amines) is 1. The second-order valence-electron chi connectivity index (χ2n) is 6.46. The zero-order valence-corrected chi connectivity index (χ0v) is 12.9. The molecule has 0 atom stereocenters. The maximum Gasteiger partial charge on any atom is 0.407 e. The quantitative estimate of drug-likeness (QED) is 0.928. The average Bonchev–Trinajstić information content (AvgIpc) is 2.30. The number of benzene rings is 1. The van der Waals surface area contributed by atoms with E-state index in [1.54, 1.807) is 6.07 Å². The second-order valence-corrected chi connectivity index (χ2v) is 6.46. The highest BCUT2D eigenvalue weighted by Crippen LogP contribution is 2.19. The summed E-state index contributed by atoms with van der Waals surface area (Å²) in [6.07, 6.45) is 0.662. The maximum absolute atomic E-state index is 14.0. The summed E-state index contributed by atoms with van der Waals surface area (Å²) >= 11 is 0. The SMILES string of the molecule is CC(C)(C)NC(=O)OCc1c(F)cccc1CN1CCC1. The number of ether oxygens (including phenoxy) is 1. The Balaban J connectivity index is 1.99. The Morgan fingerprint density at radius 1 is 1.38 bits per heavy atom. The Morgan fingerprint density at radius 2 is 2.10 bits per heavy atom. The molecule has 1 N–H and O–H groups in total. The lowest BCUT2D eigenvalue weighted by Crippen LogP contribution is -2.41. The topological polar surface area (TPSA) is 41.6 Å². The van der Waals surface area contributed by atoms with E-state index < -0.39 is 6.09 Å². The zero-order chi connectivity index (χ0) is 15.5. The van der Waals surface area contributed by atoms with Crippen LogP contribution in [0.2, 0.25) is 0 Å². The first-order valence-electron chi connectivity index (χ1n) is 7.29. The Bertz CT molecular complexity index is 507. The van der Waals surface area contributed by atoms with E-state index in [9.17, 15) is 9.18 Å². The van der Waals surface area contributed by atoms with Crippen LogP contribution < -0.4 is 5.32 Å². The number of amides is 1. The molecule has 1 aliphatic heterocycles. The van der Waals surface area contributed by atoms with Gasteiger partial charge in [-0.25, -0.2) is 9.18 Å². The molecule has 5 heteroatoms. The smallest absolute Gasteiger partial charge is 0.407 e. The Labute approximate surface area is 125 Å². The van der Waals surface area contributed by atoms with Gasteiger partial charge in [0.25, 0.3) is 0 Å². The number of nitrogens with one attached hydrogen (secondary N) is 1. The van der Waals surface area contributed by atoms with E-state index >= 15 is 0 Å². The van der Waals surface area contributed by atoms with E-state index in [1.165, 1.54) is 12.5 Å². The molecule has 0 spiro atoms. The number of hydrogen-bond donors (Lipinski definition) is 1. The number of carbonyl (C=O) groups is 1. The van der Waals surface area contributed by atoms with Crippen molar-refractivity contribution in [2.45, 2.75) is 45.9 Å². The molecule has 1 aromatic rings. The predicted octanol–water partition coefficient (Wildman–Crippen LogP) is 3.06. The van der Waals surface area contributed by atoms with Gasteiger partial charge in [-0.05, 0) is 51.9 Å². The van der Waals surface area contributed by atoms with Crippen LogP contribution in [0.4, 0.5) is 9.18 Å². The van der Waals surface area contributed by atoms with Gasteiger partial charge in [0, 0.05) is 17.6 Å². The third-order valence-electron chi connectivity index (χ3n) is 3.38. The summed E-state index contributed by atoms with van der Waals surface area (Å²) in [6.45, 7) is 8.35. The third-order valence-corrected chi connectivity index (χ3v) is 3.38. The molecule has 116 valence electrons. The van der Waals surface area contributed by atoms with Gasteiger partial charge in [-0.3, -0.25) is 4.90 Å². The van der Waals surface area contributed by atoms with Crippen LogP contribution in [0, 0.1) is 5.82 Å². The van der Waals surface area contributed by atoms with Crippen LogP contribution >= 0.6 is 0 Å². The van der Waals surface area contributed by atoms with Crippen LogP contribution in [0.5, 0.6) is 0 Å². The van der Waals surface area contributed by atoms with Crippen molar-refractivity contribution in [1.82, 2.24) is 10.2 Å². The minimum atomic E-state index is -0.527. The van der Waals surface area contributed by atoms with Gasteiger partial charge in [0.1, 0.15) is 12.4 Å². The van der Waals surface area contributed by atoms with Gasteiger partial charge in [0.05, 0.1) is 0 Å². The molecule has 21 heavy (non-hydrogen) atoms. The third kappa shape index (κ3) is 4.70. The Morgan fingerprint density at radius 3 is 2.67 bits per heavy atom. The summed E-state index contributed by atoms with van der Waals surface area (Å²) < 4.78 is 19.1. The number of hydrogen-bond acceptors (Lipinski definition) is 3. The highest BCUT2D eigenvalue weighted by Gasteiger charge is 2.19. The first-order valence-corrected chi connectivity index (χ1v) is 7.29. The molecule has 0 radical (unpaired) electrons. The molecule has 0 bridgehead atoms. The number of halogens is 1. The fraction of sp³-hybridized carbons (Fsp3) is 0.562. The molecule has 0 aromatic heterocycles. The number of carbonyl (C=O) groups excluding carboxylic acids is 1. The molecule has 4 nitrogen and oxygen atoms in total. The van der Waals surface area contributed by atoms with Gasteiger partial charge >= 0.3 is 6.09 Å². The van der Waals surface area contributed by atoms with E-state index in [2.05, 4.69) is 10.2 Å². The largest absolute Gasteiger partial charge is 0.445 e. The molecule has 1 heterocycles. The molecule has 2 rings (SSSR count). The van der Waals surface area contributed by atoms with Crippen molar-refractivity contribution in [3.8, 4) is 0 Å². The summed E-state index contributed by atoms with van der Waals surface area (Å²) in [7, 11) is 0. The van der Waals surface area contributed by atoms with Gasteiger partial charge in [-0.15, -0.1) is 0 Å². The lowest BCUT2D eigenvalue weighted by molar-refractivity contribution is 0.128. The molecule has 0 unspecified atom stereocenters. The average molecular weight is 294 g/mol. The molecule has 1 aromatic carbocycles. The van der Waals surface area contributed by atoms with E-state index in [4.69, 9.17) is 4.74 Å². The molecule has 0 saturated carbocycles. The van der Waals surface area contributed by atoms with E-state index in [-0.39, 0.29) is 18.0 Å². The van der Waals surface area contributed by atoms with Crippen LogP contribution in [0.3, 0.4) is 0 Å². The van der Waals surface area contributed by atoms with E-state index in [1.807, 2.05) is 26.8 Å². The maximum atomic E-state index is 14.0. The Kier molecular flexibility index (Phi) is 4.83. The number of nitrogens with zero attached hydrogens (tertiary/aromatic N) is 1. The van der Waals surface area contributed by atoms with Crippen molar-refractivity contribution in [3.63, 3.8) is 0 Å². The predicted molar refractivity (Wildman–Crippen MR) is 79.4 cm³/mol. The van der Waals surface area contributed by atoms with Crippen molar-refractivity contribution in [3.05, 3.63) is 35.1 Å². The summed E-state index contributed by atoms with van der Waals surface area (Å²) in [4.78, 5) is 13.9. The van der Waals surface area contributed by atoms with E-state index in [0.717, 1.165) is 18.7 Å². The lowest BCUT2D eigenvalue weighted by Gasteiger charge is -2.31. The molecule has 0 aliphatic carbocycles. The Hall–Kier alpha value is -1.62. The molecule has 1 saturated heterocycles. The first kappa shape index (κ1) is 15.8. The van der Waals surface area contributed by atoms with Crippen LogP contribution in [-0.4, -0.2) is 29.6 Å². The van der Waals surface area contributed by atoms with Crippen molar-refractivity contribution in [1.29, 1.82) is 0 Å². The highest BCUT2D eigenvalue weighted by atomic mass is 19.1. The molecular weight excluding hydrogens is 271 g/mol. The fourth-order valence-electron chi connectivity index (χ4n) is 2.17. The van der Waals surface area contributed by atoms with E-state index in [0.29, 0.717) is 12.1 Å². The summed E-state index contributed by atoms with van der Waals surface area (Å²) in [5.41, 5.74) is 0.985. The standard InChI is InChI=1S/C16H23FN2O2/c1-16(2,3)18-15(20)21-11-13-12(6-4-7-14(13)17)10-19-8-5-9-19/h4,6-7H,5,8-11H2,1-3H3,(H,18,20). The van der Waals surface area contributed by atoms with Gasteiger partial charge in [0.2, 0.25) is 0 Å². The van der Waals surface area contributed by atoms with Gasteiger partial charge in [0.15, 0.2) is 0 Å². The zero-order valence-electron chi connectivity index (χ0n) is 12.9. The van der Waals surface area contributed by atoms with Gasteiger partial charge < -0.3 is 10.1 Å². The monoisotopic (exact) mass is 294 g/mol. The normalized spacial score (nSPS) is 15.4. The van der Waals surface area contributed by atoms with Crippen LogP contribution in [-0.2, 0) is 17.9 Å². The van der Waals surface area contributed by atoms with Gasteiger partial charge in [-0.2, -0.15) is 0 Å². The van der Waals surface area contributed by atoms with Crippen LogP contribution in [0.25, 0.3) is 0 Å². The highest BCUT2D eigenvalue weighted by molar-refractivity contribution is 5.68. The second kappa shape index (κ2) is 6.43. The minimum absolute atomic E-state index is 0.0439. The first-order chi connectivity index (χ1) is 9.85. The summed E-state index contributed by atoms with van der Waals surface area (Å²) in [6, 6.07) is 4.99. The number of alkyl carbamates (subject to hydrolysis) is 1. The minimum Gasteiger partial charge on any atom is -0.445 e. The van der Waals surface area contributed by atoms with Crippen LogP contribution in [0.15, 0.2) is 18.2 Å². The van der Waals surface area contributed by atoms with Crippen LogP contribution in [0.1, 0.15) is 38.3 Å². The van der Waals surface area contributed by atoms with Crippen molar-refractivity contribution < 1.29 is 13.9 Å². The fourth-order valence-corrected chi connectivity index (χ4v) is 2.17. The molecule has 1 fully saturated rings. The molecular formula is C16H23FN2O2. The molecule has 1 aliphatic rings. The van der Waals surface area contributed by atoms with Crippen molar-refractivity contribution in [2.24, 2.45) is 0 Å². The summed E-state index contributed by atoms with van der Waals surface area (Å²) in [5, 5.41) is 2.70. The lowest BCUT2D eigenvalue weighted by atomic mass is 10.1.